The van der Waals surface area contributed by atoms with Crippen molar-refractivity contribution in [3.05, 3.63) is 72.2 Å². The van der Waals surface area contributed by atoms with Crippen LogP contribution in [0, 0.1) is 6.92 Å². The largest absolute Gasteiger partial charge is 0.456 e. The molecule has 2 N–H and O–H groups in total. The number of aryl methyl sites for hydroxylation is 1. The molecule has 2 heterocycles. The van der Waals surface area contributed by atoms with Crippen LogP contribution < -0.4 is 14.8 Å². The lowest BCUT2D eigenvalue weighted by Crippen LogP contribution is -2.22. The van der Waals surface area contributed by atoms with E-state index in [0.717, 1.165) is 44.5 Å². The summed E-state index contributed by atoms with van der Waals surface area (Å²) in [4.78, 5) is 17.1. The van der Waals surface area contributed by atoms with Crippen molar-refractivity contribution >= 4 is 40.1 Å². The first-order valence-electron chi connectivity index (χ1n) is 12.2. The number of nitrogens with zero attached hydrogens (tertiary/aromatic N) is 3. The molecule has 186 valence electrons. The number of aromatic nitrogens is 3. The van der Waals surface area contributed by atoms with E-state index in [2.05, 4.69) is 47.0 Å². The van der Waals surface area contributed by atoms with E-state index in [1.807, 2.05) is 54.2 Å². The SMILES string of the molecule is Cc1cc(CC(=O)Nc2cnn(C(C)(C)C)c2)ccc1Oc1ccnc2ccc(NSC3CC3)cc12. The van der Waals surface area contributed by atoms with Crippen LogP contribution in [-0.2, 0) is 16.8 Å². The minimum Gasteiger partial charge on any atom is -0.456 e. The van der Waals surface area contributed by atoms with E-state index >= 15 is 0 Å². The summed E-state index contributed by atoms with van der Waals surface area (Å²) in [5.41, 5.74) is 4.37. The zero-order chi connectivity index (χ0) is 25.3. The number of benzene rings is 2. The monoisotopic (exact) mass is 501 g/mol. The first kappa shape index (κ1) is 24.2. The fraction of sp³-hybridized carbons (Fsp3) is 0.321. The van der Waals surface area contributed by atoms with Gasteiger partial charge < -0.3 is 14.8 Å². The number of rotatable bonds is 8. The number of ether oxygens (including phenoxy) is 1. The second-order valence-corrected chi connectivity index (χ2v) is 11.3. The van der Waals surface area contributed by atoms with Gasteiger partial charge in [0.25, 0.3) is 0 Å². The predicted octanol–water partition coefficient (Wildman–Crippen LogP) is 6.69. The van der Waals surface area contributed by atoms with Gasteiger partial charge in [0, 0.05) is 28.7 Å². The summed E-state index contributed by atoms with van der Waals surface area (Å²) >= 11 is 1.78. The van der Waals surface area contributed by atoms with Crippen molar-refractivity contribution in [2.24, 2.45) is 0 Å². The lowest BCUT2D eigenvalue weighted by molar-refractivity contribution is -0.115. The van der Waals surface area contributed by atoms with E-state index in [9.17, 15) is 4.79 Å². The molecule has 0 atom stereocenters. The van der Waals surface area contributed by atoms with Crippen LogP contribution >= 0.6 is 11.9 Å². The molecule has 1 fully saturated rings. The summed E-state index contributed by atoms with van der Waals surface area (Å²) in [5.74, 6) is 1.43. The minimum absolute atomic E-state index is 0.0826. The molecule has 2 aromatic heterocycles. The molecular weight excluding hydrogens is 470 g/mol. The van der Waals surface area contributed by atoms with E-state index in [4.69, 9.17) is 4.74 Å². The second-order valence-electron chi connectivity index (χ2n) is 10.2. The van der Waals surface area contributed by atoms with Crippen LogP contribution in [0.1, 0.15) is 44.7 Å². The molecule has 1 aliphatic carbocycles. The van der Waals surface area contributed by atoms with Gasteiger partial charge in [-0.15, -0.1) is 0 Å². The van der Waals surface area contributed by atoms with Crippen molar-refractivity contribution in [3.63, 3.8) is 0 Å². The average Bonchev–Trinajstić information content (AvgIpc) is 3.54. The Bertz CT molecular complexity index is 1400. The Hall–Kier alpha value is -3.52. The molecule has 1 amide bonds. The highest BCUT2D eigenvalue weighted by Crippen LogP contribution is 2.36. The van der Waals surface area contributed by atoms with Gasteiger partial charge in [-0.05, 0) is 93.9 Å². The third-order valence-corrected chi connectivity index (χ3v) is 7.11. The number of nitrogens with one attached hydrogen (secondary N) is 2. The molecule has 0 unspecified atom stereocenters. The zero-order valence-electron chi connectivity index (χ0n) is 21.0. The van der Waals surface area contributed by atoms with Crippen LogP contribution in [0.15, 0.2) is 61.1 Å². The highest BCUT2D eigenvalue weighted by atomic mass is 32.2. The highest BCUT2D eigenvalue weighted by molar-refractivity contribution is 8.01. The fourth-order valence-corrected chi connectivity index (χ4v) is 4.61. The Labute approximate surface area is 215 Å². The standard InChI is InChI=1S/C28H31N5O2S/c1-18-13-19(14-27(34)31-21-16-30-33(17-21)28(2,3)4)5-10-25(18)35-26-11-12-29-24-9-6-20(15-23(24)26)32-36-22-7-8-22/h5-6,9-13,15-17,22,32H,7-8,14H2,1-4H3,(H,31,34). The lowest BCUT2D eigenvalue weighted by Gasteiger charge is -2.18. The van der Waals surface area contributed by atoms with Crippen LogP contribution in [0.5, 0.6) is 11.5 Å². The maximum atomic E-state index is 12.6. The van der Waals surface area contributed by atoms with E-state index < -0.39 is 0 Å². The summed E-state index contributed by atoms with van der Waals surface area (Å²) in [7, 11) is 0. The maximum Gasteiger partial charge on any atom is 0.228 e. The molecule has 2 aromatic carbocycles. The van der Waals surface area contributed by atoms with E-state index in [1.54, 1.807) is 24.3 Å². The summed E-state index contributed by atoms with van der Waals surface area (Å²) in [6.45, 7) is 8.19. The van der Waals surface area contributed by atoms with Crippen molar-refractivity contribution in [2.45, 2.75) is 57.7 Å². The summed E-state index contributed by atoms with van der Waals surface area (Å²) in [6, 6.07) is 13.9. The van der Waals surface area contributed by atoms with E-state index in [0.29, 0.717) is 5.69 Å². The number of anilines is 2. The molecule has 4 aromatic rings. The lowest BCUT2D eigenvalue weighted by atomic mass is 10.1. The Morgan fingerprint density at radius 2 is 1.94 bits per heavy atom. The topological polar surface area (TPSA) is 81.1 Å². The fourth-order valence-electron chi connectivity index (χ4n) is 3.81. The molecule has 0 spiro atoms. The van der Waals surface area contributed by atoms with Crippen LogP contribution in [0.4, 0.5) is 11.4 Å². The quantitative estimate of drug-likeness (QED) is 0.262. The third kappa shape index (κ3) is 5.82. The first-order valence-corrected chi connectivity index (χ1v) is 13.1. The molecule has 1 saturated carbocycles. The van der Waals surface area contributed by atoms with Gasteiger partial charge in [0.2, 0.25) is 5.91 Å². The van der Waals surface area contributed by atoms with Gasteiger partial charge in [-0.25, -0.2) is 0 Å². The number of carbonyl (C=O) groups is 1. The summed E-state index contributed by atoms with van der Waals surface area (Å²) < 4.78 is 11.6. The third-order valence-electron chi connectivity index (χ3n) is 5.95. The van der Waals surface area contributed by atoms with Crippen molar-refractivity contribution < 1.29 is 9.53 Å². The highest BCUT2D eigenvalue weighted by Gasteiger charge is 2.22. The van der Waals surface area contributed by atoms with Crippen LogP contribution in [0.2, 0.25) is 0 Å². The number of carbonyl (C=O) groups excluding carboxylic acids is 1. The number of pyridine rings is 1. The van der Waals surface area contributed by atoms with Crippen LogP contribution in [0.3, 0.4) is 0 Å². The predicted molar refractivity (Wildman–Crippen MR) is 147 cm³/mol. The van der Waals surface area contributed by atoms with Gasteiger partial charge in [0.1, 0.15) is 11.5 Å². The van der Waals surface area contributed by atoms with Crippen molar-refractivity contribution in [1.82, 2.24) is 14.8 Å². The van der Waals surface area contributed by atoms with Crippen LogP contribution in [0.25, 0.3) is 10.9 Å². The summed E-state index contributed by atoms with van der Waals surface area (Å²) in [5, 5.41) is 8.95. The normalized spacial score (nSPS) is 13.6. The Kier molecular flexibility index (Phi) is 6.62. The van der Waals surface area contributed by atoms with Crippen molar-refractivity contribution in [3.8, 4) is 11.5 Å². The maximum absolute atomic E-state index is 12.6. The van der Waals surface area contributed by atoms with Gasteiger partial charge in [-0.1, -0.05) is 12.1 Å². The smallest absolute Gasteiger partial charge is 0.228 e. The van der Waals surface area contributed by atoms with Gasteiger partial charge in [0.15, 0.2) is 0 Å². The first-order chi connectivity index (χ1) is 17.2. The average molecular weight is 502 g/mol. The molecule has 0 aliphatic heterocycles. The molecule has 1 aliphatic rings. The van der Waals surface area contributed by atoms with E-state index in [1.165, 1.54) is 12.8 Å². The van der Waals surface area contributed by atoms with Crippen molar-refractivity contribution in [1.29, 1.82) is 0 Å². The second kappa shape index (κ2) is 9.85. The van der Waals surface area contributed by atoms with Gasteiger partial charge in [-0.3, -0.25) is 14.5 Å². The van der Waals surface area contributed by atoms with Gasteiger partial charge >= 0.3 is 0 Å². The number of fused-ring (bicyclic) bond motifs is 1. The Morgan fingerprint density at radius 3 is 2.67 bits per heavy atom. The van der Waals surface area contributed by atoms with Gasteiger partial charge in [-0.2, -0.15) is 5.10 Å². The molecule has 5 rings (SSSR count). The minimum atomic E-state index is -0.135. The molecule has 8 heteroatoms. The number of hydrogen-bond acceptors (Lipinski definition) is 6. The molecular formula is C28H31N5O2S. The summed E-state index contributed by atoms with van der Waals surface area (Å²) in [6.07, 6.45) is 8.12. The van der Waals surface area contributed by atoms with Crippen molar-refractivity contribution in [2.75, 3.05) is 10.0 Å². The van der Waals surface area contributed by atoms with E-state index in [-0.39, 0.29) is 17.9 Å². The molecule has 0 bridgehead atoms. The number of hydrogen-bond donors (Lipinski definition) is 2. The Balaban J connectivity index is 1.27. The Morgan fingerprint density at radius 1 is 1.11 bits per heavy atom. The molecule has 0 radical (unpaired) electrons. The molecule has 36 heavy (non-hydrogen) atoms. The molecule has 7 nitrogen and oxygen atoms in total. The zero-order valence-corrected chi connectivity index (χ0v) is 21.9. The number of amides is 1. The molecule has 0 saturated heterocycles. The van der Waals surface area contributed by atoms with Crippen LogP contribution in [-0.4, -0.2) is 25.9 Å². The van der Waals surface area contributed by atoms with Gasteiger partial charge in [0.05, 0.1) is 29.4 Å².